The van der Waals surface area contributed by atoms with Crippen LogP contribution >= 0.6 is 0 Å². The zero-order chi connectivity index (χ0) is 29.5. The third kappa shape index (κ3) is 4.70. The Kier molecular flexibility index (Phi) is 7.94. The number of fused-ring (bicyclic) bond motifs is 3. The number of sulfonamides is 1. The number of benzene rings is 2. The van der Waals surface area contributed by atoms with E-state index in [2.05, 4.69) is 0 Å². The standard InChI is InChI=1S/C26H22F5NO7S/c1-36-16-8-6-12-13(10-15(16)33)14(7-5-11-9-17(37-2)24(38-3)25(39-4)18(11)12)32-40(34,35)26-22(30)20(28)19(27)21(29)23(26)31/h6,8-10,14,32H,5,7H2,1-4H3/t14-/m0/s1. The third-order valence-electron chi connectivity index (χ3n) is 6.46. The van der Waals surface area contributed by atoms with Crippen molar-refractivity contribution in [1.29, 1.82) is 0 Å². The Morgan fingerprint density at radius 2 is 1.35 bits per heavy atom. The van der Waals surface area contributed by atoms with Crippen LogP contribution in [-0.2, 0) is 16.4 Å². The lowest BCUT2D eigenvalue weighted by atomic mass is 9.95. The van der Waals surface area contributed by atoms with E-state index >= 15 is 0 Å². The lowest BCUT2D eigenvalue weighted by Gasteiger charge is -2.20. The van der Waals surface area contributed by atoms with Gasteiger partial charge in [-0.25, -0.2) is 35.1 Å². The molecule has 214 valence electrons. The molecule has 1 aliphatic carbocycles. The van der Waals surface area contributed by atoms with E-state index in [0.717, 1.165) is 6.07 Å². The highest BCUT2D eigenvalue weighted by molar-refractivity contribution is 7.89. The number of rotatable bonds is 7. The molecule has 0 fully saturated rings. The Bertz CT molecular complexity index is 1650. The quantitative estimate of drug-likeness (QED) is 0.248. The molecule has 0 radical (unpaired) electrons. The molecule has 0 bridgehead atoms. The predicted molar refractivity (Wildman–Crippen MR) is 132 cm³/mol. The Morgan fingerprint density at radius 3 is 1.90 bits per heavy atom. The fraction of sp³-hybridized carbons (Fsp3) is 0.269. The SMILES string of the molecule is COc1cc2c(c(OC)c1OC)-c1ccc(OC)c(=O)cc1[C@@H](NS(=O)(=O)c1c(F)c(F)c(F)c(F)c1F)CC2. The van der Waals surface area contributed by atoms with Crippen molar-refractivity contribution in [2.75, 3.05) is 28.4 Å². The molecule has 0 unspecified atom stereocenters. The monoisotopic (exact) mass is 587 g/mol. The van der Waals surface area contributed by atoms with Crippen molar-refractivity contribution in [3.63, 3.8) is 0 Å². The molecule has 0 aliphatic heterocycles. The fourth-order valence-corrected chi connectivity index (χ4v) is 6.04. The van der Waals surface area contributed by atoms with E-state index in [0.29, 0.717) is 11.1 Å². The molecule has 1 aliphatic rings. The maximum Gasteiger partial charge on any atom is 0.247 e. The molecular weight excluding hydrogens is 565 g/mol. The second-order valence-corrected chi connectivity index (χ2v) is 10.2. The topological polar surface area (TPSA) is 100 Å². The number of halogens is 5. The van der Waals surface area contributed by atoms with Gasteiger partial charge in [-0.2, -0.15) is 0 Å². The molecule has 14 heteroatoms. The summed E-state index contributed by atoms with van der Waals surface area (Å²) in [6.45, 7) is 0. The first kappa shape index (κ1) is 29.1. The molecule has 40 heavy (non-hydrogen) atoms. The molecule has 0 heterocycles. The molecule has 3 aromatic carbocycles. The average Bonchev–Trinajstić information content (AvgIpc) is 3.17. The van der Waals surface area contributed by atoms with Crippen molar-refractivity contribution in [1.82, 2.24) is 4.72 Å². The highest BCUT2D eigenvalue weighted by atomic mass is 32.2. The molecule has 4 rings (SSSR count). The lowest BCUT2D eigenvalue weighted by molar-refractivity contribution is 0.324. The van der Waals surface area contributed by atoms with E-state index in [1.807, 2.05) is 4.72 Å². The summed E-state index contributed by atoms with van der Waals surface area (Å²) in [5.41, 5.74) is 0.546. The molecule has 1 atom stereocenters. The highest BCUT2D eigenvalue weighted by Crippen LogP contribution is 2.50. The van der Waals surface area contributed by atoms with E-state index in [1.165, 1.54) is 40.6 Å². The van der Waals surface area contributed by atoms with Gasteiger partial charge in [0.25, 0.3) is 0 Å². The van der Waals surface area contributed by atoms with Gasteiger partial charge in [0.15, 0.2) is 45.4 Å². The molecule has 0 aromatic heterocycles. The minimum absolute atomic E-state index is 0.0185. The molecule has 0 spiro atoms. The van der Waals surface area contributed by atoms with Gasteiger partial charge in [-0.15, -0.1) is 0 Å². The molecule has 0 saturated carbocycles. The van der Waals surface area contributed by atoms with Crippen molar-refractivity contribution < 1.29 is 49.3 Å². The van der Waals surface area contributed by atoms with Crippen LogP contribution in [0.25, 0.3) is 11.1 Å². The molecule has 3 aromatic rings. The van der Waals surface area contributed by atoms with Crippen molar-refractivity contribution >= 4 is 10.0 Å². The van der Waals surface area contributed by atoms with E-state index in [-0.39, 0.29) is 47.0 Å². The summed E-state index contributed by atoms with van der Waals surface area (Å²) < 4.78 is 120. The number of nitrogens with one attached hydrogen (secondary N) is 1. The smallest absolute Gasteiger partial charge is 0.247 e. The van der Waals surface area contributed by atoms with Gasteiger partial charge in [0, 0.05) is 11.6 Å². The van der Waals surface area contributed by atoms with Gasteiger partial charge in [0.05, 0.1) is 28.4 Å². The minimum Gasteiger partial charge on any atom is -0.493 e. The van der Waals surface area contributed by atoms with Crippen molar-refractivity contribution in [2.24, 2.45) is 0 Å². The van der Waals surface area contributed by atoms with E-state index < -0.39 is 55.5 Å². The van der Waals surface area contributed by atoms with Crippen LogP contribution in [-0.4, -0.2) is 36.9 Å². The number of ether oxygens (including phenoxy) is 4. The summed E-state index contributed by atoms with van der Waals surface area (Å²) in [6.07, 6.45) is -0.0148. The molecule has 1 N–H and O–H groups in total. The summed E-state index contributed by atoms with van der Waals surface area (Å²) >= 11 is 0. The van der Waals surface area contributed by atoms with Gasteiger partial charge in [0.2, 0.25) is 27.0 Å². The van der Waals surface area contributed by atoms with Crippen molar-refractivity contribution in [3.8, 4) is 34.1 Å². The van der Waals surface area contributed by atoms with Crippen LogP contribution in [0.2, 0.25) is 0 Å². The van der Waals surface area contributed by atoms with Crippen LogP contribution in [0, 0.1) is 29.1 Å². The van der Waals surface area contributed by atoms with Crippen LogP contribution in [0.15, 0.2) is 34.0 Å². The van der Waals surface area contributed by atoms with Crippen LogP contribution in [0.3, 0.4) is 0 Å². The highest BCUT2D eigenvalue weighted by Gasteiger charge is 2.37. The van der Waals surface area contributed by atoms with Gasteiger partial charge in [-0.3, -0.25) is 4.79 Å². The molecule has 0 saturated heterocycles. The summed E-state index contributed by atoms with van der Waals surface area (Å²) in [6, 6.07) is 4.08. The Hall–Kier alpha value is -3.91. The lowest BCUT2D eigenvalue weighted by Crippen LogP contribution is -2.31. The summed E-state index contributed by atoms with van der Waals surface area (Å²) in [5, 5.41) is 0. The first-order chi connectivity index (χ1) is 18.9. The number of hydrogen-bond donors (Lipinski definition) is 1. The van der Waals surface area contributed by atoms with Crippen LogP contribution < -0.4 is 29.1 Å². The van der Waals surface area contributed by atoms with Gasteiger partial charge in [0.1, 0.15) is 0 Å². The third-order valence-corrected chi connectivity index (χ3v) is 7.95. The van der Waals surface area contributed by atoms with Gasteiger partial charge >= 0.3 is 0 Å². The van der Waals surface area contributed by atoms with Crippen LogP contribution in [0.5, 0.6) is 23.0 Å². The molecule has 0 amide bonds. The first-order valence-corrected chi connectivity index (χ1v) is 13.0. The zero-order valence-electron chi connectivity index (χ0n) is 21.5. The second kappa shape index (κ2) is 10.9. The van der Waals surface area contributed by atoms with E-state index in [9.17, 15) is 35.2 Å². The fourth-order valence-electron chi connectivity index (χ4n) is 4.66. The summed E-state index contributed by atoms with van der Waals surface area (Å²) in [5.74, 6) is -11.9. The minimum atomic E-state index is -5.38. The summed E-state index contributed by atoms with van der Waals surface area (Å²) in [4.78, 5) is 10.9. The largest absolute Gasteiger partial charge is 0.493 e. The normalized spacial score (nSPS) is 14.6. The van der Waals surface area contributed by atoms with Crippen molar-refractivity contribution in [2.45, 2.75) is 23.8 Å². The van der Waals surface area contributed by atoms with Crippen LogP contribution in [0.4, 0.5) is 22.0 Å². The average molecular weight is 588 g/mol. The van der Waals surface area contributed by atoms with Gasteiger partial charge < -0.3 is 18.9 Å². The van der Waals surface area contributed by atoms with Gasteiger partial charge in [-0.05, 0) is 47.7 Å². The number of methoxy groups -OCH3 is 4. The van der Waals surface area contributed by atoms with E-state index in [1.54, 1.807) is 6.07 Å². The Labute approximate surface area is 225 Å². The number of hydrogen-bond acceptors (Lipinski definition) is 7. The van der Waals surface area contributed by atoms with Crippen molar-refractivity contribution in [3.05, 3.63) is 74.7 Å². The second-order valence-electron chi connectivity index (χ2n) is 8.57. The van der Waals surface area contributed by atoms with Gasteiger partial charge in [-0.1, -0.05) is 6.07 Å². The molecular formula is C26H22F5NO7S. The Balaban J connectivity index is 2.00. The number of aryl methyl sites for hydroxylation is 1. The van der Waals surface area contributed by atoms with Crippen LogP contribution in [0.1, 0.15) is 23.6 Å². The predicted octanol–water partition coefficient (Wildman–Crippen LogP) is 4.41. The van der Waals surface area contributed by atoms with E-state index in [4.69, 9.17) is 18.9 Å². The first-order valence-electron chi connectivity index (χ1n) is 11.5. The summed E-state index contributed by atoms with van der Waals surface area (Å²) in [7, 11) is -0.0199. The Morgan fingerprint density at radius 1 is 0.775 bits per heavy atom. The zero-order valence-corrected chi connectivity index (χ0v) is 22.3. The maximum absolute atomic E-state index is 14.5. The maximum atomic E-state index is 14.5. The molecule has 8 nitrogen and oxygen atoms in total.